The lowest BCUT2D eigenvalue weighted by molar-refractivity contribution is -0.153. The van der Waals surface area contributed by atoms with Gasteiger partial charge in [-0.05, 0) is 33.1 Å². The highest BCUT2D eigenvalue weighted by atomic mass is 16.4. The van der Waals surface area contributed by atoms with Crippen LogP contribution in [0, 0.1) is 5.41 Å². The van der Waals surface area contributed by atoms with E-state index in [1.165, 1.54) is 0 Å². The third-order valence-electron chi connectivity index (χ3n) is 3.69. The Labute approximate surface area is 109 Å². The van der Waals surface area contributed by atoms with Crippen LogP contribution in [0.4, 0.5) is 4.79 Å². The van der Waals surface area contributed by atoms with Crippen molar-refractivity contribution in [3.05, 3.63) is 0 Å². The van der Waals surface area contributed by atoms with Crippen LogP contribution in [0.5, 0.6) is 0 Å². The average molecular weight is 256 g/mol. The van der Waals surface area contributed by atoms with Gasteiger partial charge < -0.3 is 15.3 Å². The van der Waals surface area contributed by atoms with Crippen molar-refractivity contribution in [3.8, 4) is 0 Å². The molecule has 1 rings (SSSR count). The largest absolute Gasteiger partial charge is 0.481 e. The first-order valence-corrected chi connectivity index (χ1v) is 6.71. The van der Waals surface area contributed by atoms with E-state index in [4.69, 9.17) is 0 Å². The van der Waals surface area contributed by atoms with E-state index >= 15 is 0 Å². The van der Waals surface area contributed by atoms with Gasteiger partial charge in [0.2, 0.25) is 0 Å². The molecular weight excluding hydrogens is 232 g/mol. The Bertz CT molecular complexity index is 311. The molecule has 5 heteroatoms. The fraction of sp³-hybridized carbons (Fsp3) is 0.846. The van der Waals surface area contributed by atoms with Crippen molar-refractivity contribution in [1.29, 1.82) is 0 Å². The Morgan fingerprint density at radius 3 is 2.33 bits per heavy atom. The van der Waals surface area contributed by atoms with Crippen molar-refractivity contribution < 1.29 is 14.7 Å². The summed E-state index contributed by atoms with van der Waals surface area (Å²) in [5.41, 5.74) is -0.718. The number of nitrogens with one attached hydrogen (secondary N) is 1. The van der Waals surface area contributed by atoms with E-state index in [-0.39, 0.29) is 18.6 Å². The summed E-state index contributed by atoms with van der Waals surface area (Å²) in [7, 11) is 0. The summed E-state index contributed by atoms with van der Waals surface area (Å²) in [5, 5.41) is 12.0. The molecule has 2 N–H and O–H groups in total. The Morgan fingerprint density at radius 2 is 2.00 bits per heavy atom. The van der Waals surface area contributed by atoms with Crippen LogP contribution in [0.15, 0.2) is 0 Å². The van der Waals surface area contributed by atoms with Gasteiger partial charge in [0, 0.05) is 19.1 Å². The quantitative estimate of drug-likeness (QED) is 0.764. The predicted molar refractivity (Wildman–Crippen MR) is 69.5 cm³/mol. The topological polar surface area (TPSA) is 69.6 Å². The molecule has 104 valence electrons. The summed E-state index contributed by atoms with van der Waals surface area (Å²) in [6.45, 7) is 6.89. The molecule has 0 spiro atoms. The normalized spacial score (nSPS) is 17.1. The Kier molecular flexibility index (Phi) is 4.99. The summed E-state index contributed by atoms with van der Waals surface area (Å²) in [6, 6.07) is -0.0218. The number of carbonyl (C=O) groups is 2. The lowest BCUT2D eigenvalue weighted by atomic mass is 9.69. The first-order chi connectivity index (χ1) is 8.43. The van der Waals surface area contributed by atoms with Crippen LogP contribution in [-0.4, -0.2) is 41.1 Å². The van der Waals surface area contributed by atoms with E-state index in [0.717, 1.165) is 12.8 Å². The Hall–Kier alpha value is -1.26. The van der Waals surface area contributed by atoms with E-state index in [9.17, 15) is 14.7 Å². The van der Waals surface area contributed by atoms with Crippen LogP contribution >= 0.6 is 0 Å². The molecule has 0 atom stereocenters. The van der Waals surface area contributed by atoms with Crippen molar-refractivity contribution >= 4 is 12.0 Å². The predicted octanol–water partition coefficient (Wildman–Crippen LogP) is 2.07. The van der Waals surface area contributed by atoms with Crippen LogP contribution in [-0.2, 0) is 4.79 Å². The summed E-state index contributed by atoms with van der Waals surface area (Å²) >= 11 is 0. The highest BCUT2D eigenvalue weighted by Gasteiger charge is 2.44. The van der Waals surface area contributed by atoms with Gasteiger partial charge in [0.15, 0.2) is 0 Å². The highest BCUT2D eigenvalue weighted by Crippen LogP contribution is 2.40. The zero-order valence-electron chi connectivity index (χ0n) is 11.5. The van der Waals surface area contributed by atoms with Crippen LogP contribution in [0.3, 0.4) is 0 Å². The Morgan fingerprint density at radius 1 is 1.39 bits per heavy atom. The van der Waals surface area contributed by atoms with Crippen molar-refractivity contribution in [3.63, 3.8) is 0 Å². The number of carboxylic acid groups (broad SMARTS) is 1. The number of carbonyl (C=O) groups excluding carboxylic acids is 1. The standard InChI is InChI=1S/C13H24N2O3/c1-4-8-15(10(2)3)12(18)14-9-13(11(16)17)6-5-7-13/h10H,4-9H2,1-3H3,(H,14,18)(H,16,17). The molecular formula is C13H24N2O3. The lowest BCUT2D eigenvalue weighted by Crippen LogP contribution is -2.52. The molecule has 0 aliphatic heterocycles. The number of aliphatic carboxylic acids is 1. The van der Waals surface area contributed by atoms with E-state index in [1.807, 2.05) is 20.8 Å². The molecule has 0 saturated heterocycles. The molecule has 0 radical (unpaired) electrons. The molecule has 0 aromatic rings. The van der Waals surface area contributed by atoms with Crippen LogP contribution < -0.4 is 5.32 Å². The number of amides is 2. The van der Waals surface area contributed by atoms with Gasteiger partial charge in [-0.25, -0.2) is 4.79 Å². The van der Waals surface area contributed by atoms with Crippen LogP contribution in [0.1, 0.15) is 46.5 Å². The molecule has 2 amide bonds. The number of carboxylic acids is 1. The van der Waals surface area contributed by atoms with Gasteiger partial charge in [-0.2, -0.15) is 0 Å². The molecule has 0 aromatic carbocycles. The van der Waals surface area contributed by atoms with Gasteiger partial charge in [0.25, 0.3) is 0 Å². The molecule has 1 aliphatic rings. The molecule has 1 fully saturated rings. The summed E-state index contributed by atoms with van der Waals surface area (Å²) < 4.78 is 0. The molecule has 1 aliphatic carbocycles. The second-order valence-corrected chi connectivity index (χ2v) is 5.38. The third kappa shape index (κ3) is 3.15. The Balaban J connectivity index is 2.51. The number of nitrogens with zero attached hydrogens (tertiary/aromatic N) is 1. The number of urea groups is 1. The molecule has 0 heterocycles. The summed E-state index contributed by atoms with van der Waals surface area (Å²) in [5.74, 6) is -0.791. The van der Waals surface area contributed by atoms with Gasteiger partial charge in [0.1, 0.15) is 0 Å². The number of rotatable bonds is 6. The molecule has 1 saturated carbocycles. The van der Waals surface area contributed by atoms with Crippen LogP contribution in [0.2, 0.25) is 0 Å². The number of hydrogen-bond acceptors (Lipinski definition) is 2. The zero-order valence-corrected chi connectivity index (χ0v) is 11.5. The van der Waals surface area contributed by atoms with Gasteiger partial charge in [0.05, 0.1) is 5.41 Å². The van der Waals surface area contributed by atoms with E-state index in [1.54, 1.807) is 4.90 Å². The van der Waals surface area contributed by atoms with E-state index < -0.39 is 11.4 Å². The van der Waals surface area contributed by atoms with Crippen molar-refractivity contribution in [2.45, 2.75) is 52.5 Å². The number of hydrogen-bond donors (Lipinski definition) is 2. The fourth-order valence-corrected chi connectivity index (χ4v) is 2.25. The maximum Gasteiger partial charge on any atom is 0.317 e. The van der Waals surface area contributed by atoms with Gasteiger partial charge >= 0.3 is 12.0 Å². The minimum atomic E-state index is -0.791. The van der Waals surface area contributed by atoms with Crippen molar-refractivity contribution in [1.82, 2.24) is 10.2 Å². The van der Waals surface area contributed by atoms with Gasteiger partial charge in [-0.3, -0.25) is 4.79 Å². The van der Waals surface area contributed by atoms with Gasteiger partial charge in [-0.1, -0.05) is 13.3 Å². The highest BCUT2D eigenvalue weighted by molar-refractivity contribution is 5.79. The second-order valence-electron chi connectivity index (χ2n) is 5.38. The molecule has 0 bridgehead atoms. The van der Waals surface area contributed by atoms with E-state index in [0.29, 0.717) is 19.4 Å². The molecule has 0 unspecified atom stereocenters. The first-order valence-electron chi connectivity index (χ1n) is 6.71. The SMILES string of the molecule is CCCN(C(=O)NCC1(C(=O)O)CCC1)C(C)C. The summed E-state index contributed by atoms with van der Waals surface area (Å²) in [4.78, 5) is 24.9. The molecule has 0 aromatic heterocycles. The lowest BCUT2D eigenvalue weighted by Gasteiger charge is -2.38. The minimum Gasteiger partial charge on any atom is -0.481 e. The van der Waals surface area contributed by atoms with E-state index in [2.05, 4.69) is 5.32 Å². The molecule has 5 nitrogen and oxygen atoms in total. The van der Waals surface area contributed by atoms with Crippen LogP contribution in [0.25, 0.3) is 0 Å². The maximum absolute atomic E-state index is 12.0. The monoisotopic (exact) mass is 256 g/mol. The first kappa shape index (κ1) is 14.8. The minimum absolute atomic E-state index is 0.132. The van der Waals surface area contributed by atoms with Gasteiger partial charge in [-0.15, -0.1) is 0 Å². The fourth-order valence-electron chi connectivity index (χ4n) is 2.25. The smallest absolute Gasteiger partial charge is 0.317 e. The molecule has 18 heavy (non-hydrogen) atoms. The second kappa shape index (κ2) is 6.07. The maximum atomic E-state index is 12.0. The zero-order chi connectivity index (χ0) is 13.8. The third-order valence-corrected chi connectivity index (χ3v) is 3.69. The van der Waals surface area contributed by atoms with Crippen molar-refractivity contribution in [2.75, 3.05) is 13.1 Å². The average Bonchev–Trinajstić information content (AvgIpc) is 2.23. The van der Waals surface area contributed by atoms with Crippen molar-refractivity contribution in [2.24, 2.45) is 5.41 Å². The summed E-state index contributed by atoms with van der Waals surface area (Å²) in [6.07, 6.45) is 3.16.